The Balaban J connectivity index is 1.56. The van der Waals surface area contributed by atoms with Crippen LogP contribution in [0.2, 0.25) is 0 Å². The number of benzene rings is 3. The minimum absolute atomic E-state index is 0.316. The average Bonchev–Trinajstić information content (AvgIpc) is 3.28. The van der Waals surface area contributed by atoms with Crippen molar-refractivity contribution in [1.29, 1.82) is 5.26 Å². The third-order valence-corrected chi connectivity index (χ3v) is 6.11. The second-order valence-corrected chi connectivity index (χ2v) is 9.28. The summed E-state index contributed by atoms with van der Waals surface area (Å²) < 4.78 is 25.4. The second kappa shape index (κ2) is 13.7. The molecule has 37 heavy (non-hydrogen) atoms. The molecule has 0 radical (unpaired) electrons. The van der Waals surface area contributed by atoms with E-state index in [1.54, 1.807) is 6.20 Å². The van der Waals surface area contributed by atoms with Gasteiger partial charge in [0.25, 0.3) is 0 Å². The fourth-order valence-corrected chi connectivity index (χ4v) is 4.34. The van der Waals surface area contributed by atoms with Crippen molar-refractivity contribution in [1.82, 2.24) is 4.90 Å². The molecule has 1 saturated heterocycles. The Bertz CT molecular complexity index is 1150. The molecule has 4 rings (SSSR count). The molecule has 6 nitrogen and oxygen atoms in total. The molecule has 0 N–H and O–H groups in total. The van der Waals surface area contributed by atoms with Gasteiger partial charge in [0.15, 0.2) is 0 Å². The summed E-state index contributed by atoms with van der Waals surface area (Å²) in [4.78, 5) is 1.84. The van der Waals surface area contributed by atoms with Crippen LogP contribution in [-0.2, 0) is 38.8 Å². The monoisotopic (exact) mass is 498 g/mol. The van der Waals surface area contributed by atoms with E-state index in [1.165, 1.54) is 0 Å². The molecular weight excluding hydrogens is 464 g/mol. The van der Waals surface area contributed by atoms with Crippen LogP contribution in [0, 0.1) is 11.3 Å². The minimum atomic E-state index is -0.581. The Morgan fingerprint density at radius 3 is 1.76 bits per heavy atom. The molecule has 1 unspecified atom stereocenters. The van der Waals surface area contributed by atoms with Crippen LogP contribution >= 0.6 is 0 Å². The smallest absolute Gasteiger partial charge is 0.123 e. The number of nitrogens with zero attached hydrogens (tertiary/aromatic N) is 2. The van der Waals surface area contributed by atoms with Gasteiger partial charge in [-0.15, -0.1) is 0 Å². The van der Waals surface area contributed by atoms with Crippen LogP contribution in [0.5, 0.6) is 0 Å². The molecule has 0 spiro atoms. The van der Waals surface area contributed by atoms with Crippen LogP contribution < -0.4 is 0 Å². The van der Waals surface area contributed by atoms with Gasteiger partial charge in [0.05, 0.1) is 38.1 Å². The molecular formula is C31H34N2O4. The summed E-state index contributed by atoms with van der Waals surface area (Å²) in [7, 11) is 3.77. The zero-order valence-corrected chi connectivity index (χ0v) is 21.4. The number of hydrogen-bond acceptors (Lipinski definition) is 6. The zero-order chi connectivity index (χ0) is 25.9. The predicted molar refractivity (Wildman–Crippen MR) is 142 cm³/mol. The van der Waals surface area contributed by atoms with Crippen LogP contribution in [0.15, 0.2) is 103 Å². The summed E-state index contributed by atoms with van der Waals surface area (Å²) in [6.45, 7) is 1.57. The molecule has 6 heteroatoms. The molecule has 3 aromatic rings. The van der Waals surface area contributed by atoms with E-state index >= 15 is 0 Å². The van der Waals surface area contributed by atoms with Crippen molar-refractivity contribution in [3.63, 3.8) is 0 Å². The highest BCUT2D eigenvalue weighted by Crippen LogP contribution is 2.33. The minimum Gasteiger partial charge on any atom is -0.383 e. The normalized spacial score (nSPS) is 21.5. The molecule has 1 heterocycles. The first-order valence-electron chi connectivity index (χ1n) is 12.5. The van der Waals surface area contributed by atoms with Crippen LogP contribution in [0.3, 0.4) is 0 Å². The van der Waals surface area contributed by atoms with E-state index in [9.17, 15) is 5.26 Å². The van der Waals surface area contributed by atoms with E-state index in [0.717, 1.165) is 16.7 Å². The van der Waals surface area contributed by atoms with Crippen LogP contribution in [0.1, 0.15) is 16.7 Å². The van der Waals surface area contributed by atoms with Gasteiger partial charge in [0.1, 0.15) is 24.4 Å². The van der Waals surface area contributed by atoms with Gasteiger partial charge in [-0.25, -0.2) is 0 Å². The van der Waals surface area contributed by atoms with Gasteiger partial charge in [-0.05, 0) is 16.7 Å². The van der Waals surface area contributed by atoms with Gasteiger partial charge in [0, 0.05) is 20.3 Å². The van der Waals surface area contributed by atoms with Crippen molar-refractivity contribution in [2.24, 2.45) is 0 Å². The average molecular weight is 499 g/mol. The van der Waals surface area contributed by atoms with Crippen LogP contribution in [0.25, 0.3) is 0 Å². The predicted octanol–water partition coefficient (Wildman–Crippen LogP) is 5.11. The topological polar surface area (TPSA) is 64.0 Å². The molecule has 1 fully saturated rings. The molecule has 1 aliphatic heterocycles. The van der Waals surface area contributed by atoms with Crippen LogP contribution in [0.4, 0.5) is 0 Å². The van der Waals surface area contributed by atoms with E-state index in [1.807, 2.05) is 110 Å². The lowest BCUT2D eigenvalue weighted by Crippen LogP contribution is -2.39. The summed E-state index contributed by atoms with van der Waals surface area (Å²) in [5.41, 5.74) is 3.67. The number of ether oxygens (including phenoxy) is 4. The standard InChI is InChI=1S/C31H34N2O4/c1-33(2)19-27(18-32)29-31(36-22-26-16-10-5-11-17-26)30(35-21-25-14-8-4-9-15-25)28(37-29)23-34-20-24-12-6-3-7-13-24/h3-17,19,28-31H,20-23H2,1-2H3/b27-19+/t28-,29?,30-,31+/m1/s1. The Morgan fingerprint density at radius 2 is 1.27 bits per heavy atom. The molecule has 192 valence electrons. The molecule has 0 aliphatic carbocycles. The summed E-state index contributed by atoms with van der Waals surface area (Å²) in [6, 6.07) is 32.3. The Hall–Kier alpha value is -3.47. The highest BCUT2D eigenvalue weighted by Gasteiger charge is 2.48. The molecule has 1 aliphatic rings. The van der Waals surface area contributed by atoms with Crippen LogP contribution in [-0.4, -0.2) is 50.0 Å². The largest absolute Gasteiger partial charge is 0.383 e. The maximum atomic E-state index is 9.99. The fraction of sp³-hybridized carbons (Fsp3) is 0.323. The zero-order valence-electron chi connectivity index (χ0n) is 21.4. The maximum Gasteiger partial charge on any atom is 0.123 e. The Labute approximate surface area is 219 Å². The lowest BCUT2D eigenvalue weighted by Gasteiger charge is -2.25. The molecule has 3 aromatic carbocycles. The Morgan fingerprint density at radius 1 is 0.784 bits per heavy atom. The molecule has 0 amide bonds. The van der Waals surface area contributed by atoms with E-state index in [4.69, 9.17) is 18.9 Å². The Kier molecular flexibility index (Phi) is 9.87. The first-order chi connectivity index (χ1) is 18.1. The SMILES string of the molecule is CN(C)/C=C(\C#N)C1O[C@H](COCc2ccccc2)[C@@H](OCc2ccccc2)[C@H]1OCc1ccccc1. The van der Waals surface area contributed by atoms with Gasteiger partial charge in [-0.3, -0.25) is 0 Å². The first-order valence-corrected chi connectivity index (χ1v) is 12.5. The van der Waals surface area contributed by atoms with Crippen molar-refractivity contribution in [2.75, 3.05) is 20.7 Å². The summed E-state index contributed by atoms with van der Waals surface area (Å²) in [6.07, 6.45) is -0.117. The van der Waals surface area contributed by atoms with Crippen molar-refractivity contribution in [2.45, 2.75) is 44.2 Å². The third kappa shape index (κ3) is 7.75. The second-order valence-electron chi connectivity index (χ2n) is 9.28. The van der Waals surface area contributed by atoms with Crippen molar-refractivity contribution >= 4 is 0 Å². The van der Waals surface area contributed by atoms with E-state index in [0.29, 0.717) is 32.0 Å². The first kappa shape index (κ1) is 26.6. The van der Waals surface area contributed by atoms with Gasteiger partial charge >= 0.3 is 0 Å². The summed E-state index contributed by atoms with van der Waals surface area (Å²) in [5, 5.41) is 9.99. The summed E-state index contributed by atoms with van der Waals surface area (Å²) in [5.74, 6) is 0. The van der Waals surface area contributed by atoms with E-state index in [-0.39, 0.29) is 0 Å². The van der Waals surface area contributed by atoms with Crippen molar-refractivity contribution < 1.29 is 18.9 Å². The number of nitriles is 1. The van der Waals surface area contributed by atoms with Gasteiger partial charge < -0.3 is 23.8 Å². The third-order valence-electron chi connectivity index (χ3n) is 6.11. The lowest BCUT2D eigenvalue weighted by molar-refractivity contribution is -0.0896. The lowest BCUT2D eigenvalue weighted by atomic mass is 10.0. The van der Waals surface area contributed by atoms with Gasteiger partial charge in [-0.1, -0.05) is 91.0 Å². The molecule has 0 bridgehead atoms. The number of rotatable bonds is 12. The maximum absolute atomic E-state index is 9.99. The van der Waals surface area contributed by atoms with Gasteiger partial charge in [-0.2, -0.15) is 5.26 Å². The quantitative estimate of drug-likeness (QED) is 0.324. The molecule has 4 atom stereocenters. The highest BCUT2D eigenvalue weighted by molar-refractivity contribution is 5.29. The van der Waals surface area contributed by atoms with E-state index < -0.39 is 24.4 Å². The van der Waals surface area contributed by atoms with Crippen molar-refractivity contribution in [3.8, 4) is 6.07 Å². The van der Waals surface area contributed by atoms with Gasteiger partial charge in [0.2, 0.25) is 0 Å². The fourth-order valence-electron chi connectivity index (χ4n) is 4.34. The summed E-state index contributed by atoms with van der Waals surface area (Å²) >= 11 is 0. The number of hydrogen-bond donors (Lipinski definition) is 0. The van der Waals surface area contributed by atoms with Crippen molar-refractivity contribution in [3.05, 3.63) is 119 Å². The highest BCUT2D eigenvalue weighted by atomic mass is 16.6. The van der Waals surface area contributed by atoms with E-state index in [2.05, 4.69) is 6.07 Å². The molecule has 0 saturated carbocycles. The molecule has 0 aromatic heterocycles.